The molecular formula is C19H24ClN3O3S. The van der Waals surface area contributed by atoms with Crippen molar-refractivity contribution in [2.24, 2.45) is 5.92 Å². The summed E-state index contributed by atoms with van der Waals surface area (Å²) in [5.41, 5.74) is -0.819. The molecule has 1 saturated heterocycles. The van der Waals surface area contributed by atoms with Crippen LogP contribution in [0.15, 0.2) is 29.2 Å². The van der Waals surface area contributed by atoms with Gasteiger partial charge in [0.15, 0.2) is 0 Å². The Morgan fingerprint density at radius 3 is 2.78 bits per heavy atom. The number of hydrogen-bond donors (Lipinski definition) is 2. The highest BCUT2D eigenvalue weighted by Gasteiger charge is 2.55. The molecular weight excluding hydrogens is 386 g/mol. The largest absolute Gasteiger partial charge is 0.354 e. The van der Waals surface area contributed by atoms with Gasteiger partial charge in [-0.1, -0.05) is 31.4 Å². The molecule has 4 amide bonds. The summed E-state index contributed by atoms with van der Waals surface area (Å²) in [7, 11) is 0. The Morgan fingerprint density at radius 2 is 2.07 bits per heavy atom. The van der Waals surface area contributed by atoms with Gasteiger partial charge < -0.3 is 10.6 Å². The van der Waals surface area contributed by atoms with Crippen molar-refractivity contribution in [3.8, 4) is 0 Å². The highest BCUT2D eigenvalue weighted by Crippen LogP contribution is 2.38. The van der Waals surface area contributed by atoms with Crippen molar-refractivity contribution in [2.75, 3.05) is 18.8 Å². The first-order chi connectivity index (χ1) is 12.9. The molecule has 1 aromatic carbocycles. The molecule has 0 aromatic heterocycles. The molecule has 0 unspecified atom stereocenters. The van der Waals surface area contributed by atoms with Crippen molar-refractivity contribution in [2.45, 2.75) is 43.0 Å². The van der Waals surface area contributed by atoms with E-state index in [4.69, 9.17) is 11.6 Å². The van der Waals surface area contributed by atoms with Gasteiger partial charge in [-0.3, -0.25) is 14.5 Å². The third kappa shape index (κ3) is 4.41. The van der Waals surface area contributed by atoms with Crippen LogP contribution in [0.25, 0.3) is 0 Å². The number of hydrogen-bond acceptors (Lipinski definition) is 4. The lowest BCUT2D eigenvalue weighted by Crippen LogP contribution is -2.54. The highest BCUT2D eigenvalue weighted by atomic mass is 35.5. The van der Waals surface area contributed by atoms with E-state index in [9.17, 15) is 14.4 Å². The van der Waals surface area contributed by atoms with Gasteiger partial charge in [0.2, 0.25) is 5.91 Å². The molecule has 0 bridgehead atoms. The quantitative estimate of drug-likeness (QED) is 0.430. The molecule has 2 atom stereocenters. The van der Waals surface area contributed by atoms with Gasteiger partial charge in [-0.05, 0) is 43.0 Å². The highest BCUT2D eigenvalue weighted by molar-refractivity contribution is 7.99. The summed E-state index contributed by atoms with van der Waals surface area (Å²) in [6.07, 6.45) is 3.54. The van der Waals surface area contributed by atoms with Gasteiger partial charge >= 0.3 is 6.03 Å². The number of rotatable bonds is 6. The minimum Gasteiger partial charge on any atom is -0.354 e. The number of imide groups is 1. The topological polar surface area (TPSA) is 78.5 Å². The van der Waals surface area contributed by atoms with Crippen molar-refractivity contribution in [3.05, 3.63) is 29.3 Å². The summed E-state index contributed by atoms with van der Waals surface area (Å²) in [5, 5.41) is 6.32. The Morgan fingerprint density at radius 1 is 1.33 bits per heavy atom. The molecule has 1 aliphatic carbocycles. The zero-order valence-corrected chi connectivity index (χ0v) is 16.9. The predicted octanol–water partition coefficient (Wildman–Crippen LogP) is 3.05. The van der Waals surface area contributed by atoms with Gasteiger partial charge in [0.1, 0.15) is 12.1 Å². The van der Waals surface area contributed by atoms with E-state index in [0.29, 0.717) is 23.7 Å². The maximum Gasteiger partial charge on any atom is 0.325 e. The fraction of sp³-hybridized carbons (Fsp3) is 0.526. The molecule has 3 rings (SSSR count). The van der Waals surface area contributed by atoms with Gasteiger partial charge in [-0.15, -0.1) is 11.8 Å². The van der Waals surface area contributed by atoms with Crippen LogP contribution in [-0.2, 0) is 9.59 Å². The lowest BCUT2D eigenvalue weighted by Gasteiger charge is -2.36. The smallest absolute Gasteiger partial charge is 0.325 e. The zero-order valence-electron chi connectivity index (χ0n) is 15.3. The Labute approximate surface area is 168 Å². The second-order valence-corrected chi connectivity index (χ2v) is 8.70. The standard InChI is InChI=1S/C19H24ClN3O3S/c1-13-4-2-3-9-19(13)17(25)23(18(26)22-19)12-16(24)21-10-11-27-15-7-5-14(20)6-8-15/h5-8,13H,2-4,9-12H2,1H3,(H,21,24)(H,22,26)/t13-,19+/m0/s1. The van der Waals surface area contributed by atoms with E-state index in [1.54, 1.807) is 11.8 Å². The Hall–Kier alpha value is -1.73. The molecule has 1 aliphatic heterocycles. The summed E-state index contributed by atoms with van der Waals surface area (Å²) in [6, 6.07) is 7.03. The van der Waals surface area contributed by atoms with Crippen LogP contribution in [0.2, 0.25) is 5.02 Å². The number of urea groups is 1. The first kappa shape index (κ1) is 20.0. The predicted molar refractivity (Wildman–Crippen MR) is 106 cm³/mol. The minimum atomic E-state index is -0.819. The molecule has 27 heavy (non-hydrogen) atoms. The van der Waals surface area contributed by atoms with Crippen molar-refractivity contribution in [3.63, 3.8) is 0 Å². The summed E-state index contributed by atoms with van der Waals surface area (Å²) in [6.45, 7) is 2.22. The Bertz CT molecular complexity index is 727. The van der Waals surface area contributed by atoms with Gasteiger partial charge in [-0.2, -0.15) is 0 Å². The maximum absolute atomic E-state index is 12.8. The summed E-state index contributed by atoms with van der Waals surface area (Å²) >= 11 is 7.45. The van der Waals surface area contributed by atoms with Crippen LogP contribution in [0.4, 0.5) is 4.79 Å². The van der Waals surface area contributed by atoms with Crippen LogP contribution in [-0.4, -0.2) is 47.1 Å². The van der Waals surface area contributed by atoms with Gasteiger partial charge in [-0.25, -0.2) is 4.79 Å². The number of nitrogens with zero attached hydrogens (tertiary/aromatic N) is 1. The van der Waals surface area contributed by atoms with E-state index in [1.165, 1.54) is 0 Å². The number of nitrogens with one attached hydrogen (secondary N) is 2. The number of halogens is 1. The number of carbonyl (C=O) groups excluding carboxylic acids is 3. The lowest BCUT2D eigenvalue weighted by atomic mass is 9.73. The molecule has 1 saturated carbocycles. The Kier molecular flexibility index (Phi) is 6.32. The Balaban J connectivity index is 1.47. The summed E-state index contributed by atoms with van der Waals surface area (Å²) in [5.74, 6) is 0.196. The summed E-state index contributed by atoms with van der Waals surface area (Å²) in [4.78, 5) is 39.4. The fourth-order valence-corrected chi connectivity index (χ4v) is 4.62. The average molecular weight is 410 g/mol. The molecule has 8 heteroatoms. The van der Waals surface area contributed by atoms with Crippen LogP contribution < -0.4 is 10.6 Å². The second kappa shape index (κ2) is 8.52. The van der Waals surface area contributed by atoms with Crippen LogP contribution in [0.3, 0.4) is 0 Å². The van der Waals surface area contributed by atoms with Crippen molar-refractivity contribution >= 4 is 41.2 Å². The monoisotopic (exact) mass is 409 g/mol. The van der Waals surface area contributed by atoms with E-state index < -0.39 is 11.6 Å². The number of benzene rings is 1. The molecule has 146 valence electrons. The van der Waals surface area contributed by atoms with Crippen molar-refractivity contribution < 1.29 is 14.4 Å². The van der Waals surface area contributed by atoms with E-state index >= 15 is 0 Å². The van der Waals surface area contributed by atoms with Crippen molar-refractivity contribution in [1.82, 2.24) is 15.5 Å². The van der Waals surface area contributed by atoms with Crippen LogP contribution >= 0.6 is 23.4 Å². The third-order valence-electron chi connectivity index (χ3n) is 5.31. The second-order valence-electron chi connectivity index (χ2n) is 7.09. The minimum absolute atomic E-state index is 0.0894. The van der Waals surface area contributed by atoms with E-state index in [1.807, 2.05) is 31.2 Å². The van der Waals surface area contributed by atoms with Crippen LogP contribution in [0.1, 0.15) is 32.6 Å². The van der Waals surface area contributed by atoms with Crippen LogP contribution in [0, 0.1) is 5.92 Å². The molecule has 1 heterocycles. The summed E-state index contributed by atoms with van der Waals surface area (Å²) < 4.78 is 0. The molecule has 6 nitrogen and oxygen atoms in total. The average Bonchev–Trinajstić information content (AvgIpc) is 2.88. The maximum atomic E-state index is 12.8. The third-order valence-corrected chi connectivity index (χ3v) is 6.58. The fourth-order valence-electron chi connectivity index (χ4n) is 3.73. The van der Waals surface area contributed by atoms with Crippen molar-refractivity contribution in [1.29, 1.82) is 0 Å². The van der Waals surface area contributed by atoms with E-state index in [0.717, 1.165) is 29.1 Å². The number of thioether (sulfide) groups is 1. The first-order valence-corrected chi connectivity index (χ1v) is 10.6. The number of amides is 4. The van der Waals surface area contributed by atoms with Gasteiger partial charge in [0.25, 0.3) is 5.91 Å². The molecule has 2 aliphatic rings. The zero-order chi connectivity index (χ0) is 19.4. The van der Waals surface area contributed by atoms with E-state index in [-0.39, 0.29) is 24.3 Å². The molecule has 2 fully saturated rings. The lowest BCUT2D eigenvalue weighted by molar-refractivity contribution is -0.137. The first-order valence-electron chi connectivity index (χ1n) is 9.21. The molecule has 1 spiro atoms. The molecule has 2 N–H and O–H groups in total. The molecule has 1 aromatic rings. The van der Waals surface area contributed by atoms with Gasteiger partial charge in [0, 0.05) is 22.2 Å². The molecule has 0 radical (unpaired) electrons. The number of carbonyl (C=O) groups is 3. The SMILES string of the molecule is C[C@H]1CCCC[C@@]12NC(=O)N(CC(=O)NCCSc1ccc(Cl)cc1)C2=O. The van der Waals surface area contributed by atoms with Gasteiger partial charge in [0.05, 0.1) is 0 Å². The van der Waals surface area contributed by atoms with Crippen LogP contribution in [0.5, 0.6) is 0 Å². The normalized spacial score (nSPS) is 25.0. The van der Waals surface area contributed by atoms with E-state index in [2.05, 4.69) is 10.6 Å².